The molecular formula is C14H25N9O5. The highest BCUT2D eigenvalue weighted by molar-refractivity contribution is 5.80. The van der Waals surface area contributed by atoms with E-state index in [0.29, 0.717) is 19.4 Å². The van der Waals surface area contributed by atoms with Gasteiger partial charge in [0.2, 0.25) is 11.8 Å². The molecule has 0 radical (unpaired) electrons. The number of nitrogens with one attached hydrogen (secondary N) is 2. The summed E-state index contributed by atoms with van der Waals surface area (Å²) < 4.78 is 5.13. The van der Waals surface area contributed by atoms with E-state index < -0.39 is 36.5 Å². The molecule has 1 heterocycles. The molecule has 0 aromatic carbocycles. The Morgan fingerprint density at radius 1 is 1.21 bits per heavy atom. The van der Waals surface area contributed by atoms with E-state index >= 15 is 0 Å². The third-order valence-corrected chi connectivity index (χ3v) is 3.44. The molecule has 14 heteroatoms. The predicted molar refractivity (Wildman–Crippen MR) is 96.5 cm³/mol. The Kier molecular flexibility index (Phi) is 9.15. The highest BCUT2D eigenvalue weighted by atomic mass is 16.5. The van der Waals surface area contributed by atoms with Gasteiger partial charge in [0, 0.05) is 13.0 Å². The van der Waals surface area contributed by atoms with Crippen molar-refractivity contribution in [3.63, 3.8) is 0 Å². The molecule has 11 N–H and O–H groups in total. The van der Waals surface area contributed by atoms with Crippen LogP contribution in [0.25, 0.3) is 0 Å². The van der Waals surface area contributed by atoms with Gasteiger partial charge in [0.05, 0.1) is 6.04 Å². The van der Waals surface area contributed by atoms with E-state index in [-0.39, 0.29) is 30.5 Å². The molecule has 2 atom stereocenters. The lowest BCUT2D eigenvalue weighted by molar-refractivity contribution is -0.135. The lowest BCUT2D eigenvalue weighted by atomic mass is 10.1. The largest absolute Gasteiger partial charge is 0.480 e. The molecule has 1 aromatic heterocycles. The minimum Gasteiger partial charge on any atom is -0.480 e. The maximum Gasteiger partial charge on any atom is 0.323 e. The van der Waals surface area contributed by atoms with Crippen LogP contribution in [0.2, 0.25) is 0 Å². The molecule has 1 rings (SSSR count). The van der Waals surface area contributed by atoms with Crippen molar-refractivity contribution in [2.45, 2.75) is 37.8 Å². The third-order valence-electron chi connectivity index (χ3n) is 3.44. The number of carboxylic acid groups (broad SMARTS) is 1. The summed E-state index contributed by atoms with van der Waals surface area (Å²) in [6, 6.07) is -2.18. The Morgan fingerprint density at radius 3 is 2.54 bits per heavy atom. The molecule has 156 valence electrons. The van der Waals surface area contributed by atoms with Gasteiger partial charge in [-0.25, -0.2) is 4.79 Å². The topological polar surface area (TPSA) is 251 Å². The van der Waals surface area contributed by atoms with Crippen LogP contribution in [0.1, 0.15) is 49.5 Å². The lowest BCUT2D eigenvalue weighted by Gasteiger charge is -2.14. The molecule has 0 fully saturated rings. The van der Waals surface area contributed by atoms with Crippen molar-refractivity contribution in [2.75, 3.05) is 13.1 Å². The van der Waals surface area contributed by atoms with Crippen LogP contribution < -0.4 is 33.6 Å². The van der Waals surface area contributed by atoms with E-state index in [1.165, 1.54) is 0 Å². The summed E-state index contributed by atoms with van der Waals surface area (Å²) in [6.45, 7) is -0.183. The number of urea groups is 1. The minimum atomic E-state index is -1.21. The first-order valence-electron chi connectivity index (χ1n) is 8.38. The van der Waals surface area contributed by atoms with Gasteiger partial charge in [-0.05, 0) is 19.3 Å². The molecule has 28 heavy (non-hydrogen) atoms. The average Bonchev–Trinajstić information content (AvgIpc) is 3.10. The Balaban J connectivity index is 2.73. The van der Waals surface area contributed by atoms with Crippen molar-refractivity contribution in [3.8, 4) is 0 Å². The number of rotatable bonds is 12. The van der Waals surface area contributed by atoms with Crippen LogP contribution >= 0.6 is 0 Å². The molecule has 0 aliphatic rings. The maximum atomic E-state index is 11.8. The summed E-state index contributed by atoms with van der Waals surface area (Å²) in [6.07, 6.45) is 1.08. The molecule has 0 saturated carbocycles. The van der Waals surface area contributed by atoms with Gasteiger partial charge in [0.1, 0.15) is 12.6 Å². The molecule has 0 saturated heterocycles. The molecule has 14 nitrogen and oxygen atoms in total. The summed E-state index contributed by atoms with van der Waals surface area (Å²) in [4.78, 5) is 41.4. The number of carboxylic acids is 1. The fraction of sp³-hybridized carbons (Fsp3) is 0.571. The highest BCUT2D eigenvalue weighted by Gasteiger charge is 2.23. The molecule has 0 aliphatic heterocycles. The SMILES string of the molecule is NC(=O)CC[C@H](NC(=O)NCC(=O)O)c1nc([C@@H](N)CCCN=C(N)N)no1. The van der Waals surface area contributed by atoms with E-state index in [0.717, 1.165) is 0 Å². The van der Waals surface area contributed by atoms with Crippen LogP contribution in [0.4, 0.5) is 4.79 Å². The molecule has 3 amide bonds. The fourth-order valence-electron chi connectivity index (χ4n) is 2.10. The predicted octanol–water partition coefficient (Wildman–Crippen LogP) is -2.19. The summed E-state index contributed by atoms with van der Waals surface area (Å²) in [5.74, 6) is -1.59. The summed E-state index contributed by atoms with van der Waals surface area (Å²) >= 11 is 0. The zero-order valence-electron chi connectivity index (χ0n) is 15.1. The second-order valence-electron chi connectivity index (χ2n) is 5.82. The van der Waals surface area contributed by atoms with Crippen molar-refractivity contribution in [1.29, 1.82) is 0 Å². The quantitative estimate of drug-likeness (QED) is 0.113. The van der Waals surface area contributed by atoms with E-state index in [1.807, 2.05) is 0 Å². The molecule has 0 bridgehead atoms. The summed E-state index contributed by atoms with van der Waals surface area (Å²) in [7, 11) is 0. The van der Waals surface area contributed by atoms with E-state index in [9.17, 15) is 14.4 Å². The molecule has 0 unspecified atom stereocenters. The first-order valence-corrected chi connectivity index (χ1v) is 8.38. The molecular weight excluding hydrogens is 374 g/mol. The van der Waals surface area contributed by atoms with Gasteiger partial charge in [-0.15, -0.1) is 0 Å². The standard InChI is InChI=1S/C14H25N9O5/c15-7(2-1-5-19-13(17)18)11-22-12(28-23-11)8(3-4-9(16)24)21-14(27)20-6-10(25)26/h7-8H,1-6,15H2,(H2,16,24)(H,25,26)(H4,17,18,19)(H2,20,21,27)/t7-,8-/m0/s1. The van der Waals surface area contributed by atoms with Crippen LogP contribution in [-0.2, 0) is 9.59 Å². The Morgan fingerprint density at radius 2 is 1.93 bits per heavy atom. The molecule has 0 aliphatic carbocycles. The highest BCUT2D eigenvalue weighted by Crippen LogP contribution is 2.20. The summed E-state index contributed by atoms with van der Waals surface area (Å²) in [5.41, 5.74) is 21.6. The third kappa shape index (κ3) is 8.79. The molecule has 0 spiro atoms. The molecule has 1 aromatic rings. The Bertz CT molecular complexity index is 701. The van der Waals surface area contributed by atoms with Gasteiger partial charge in [-0.3, -0.25) is 14.6 Å². The number of aromatic nitrogens is 2. The number of guanidine groups is 1. The van der Waals surface area contributed by atoms with Crippen LogP contribution in [0.5, 0.6) is 0 Å². The lowest BCUT2D eigenvalue weighted by Crippen LogP contribution is -2.40. The van der Waals surface area contributed by atoms with Crippen molar-refractivity contribution in [3.05, 3.63) is 11.7 Å². The van der Waals surface area contributed by atoms with Gasteiger partial charge < -0.3 is 43.2 Å². The number of nitrogens with two attached hydrogens (primary N) is 4. The van der Waals surface area contributed by atoms with Gasteiger partial charge >= 0.3 is 12.0 Å². The first-order chi connectivity index (χ1) is 13.2. The normalized spacial score (nSPS) is 12.6. The number of carbonyl (C=O) groups is 3. The monoisotopic (exact) mass is 399 g/mol. The number of nitrogens with zero attached hydrogens (tertiary/aromatic N) is 3. The number of amides is 3. The number of aliphatic carboxylic acids is 1. The van der Waals surface area contributed by atoms with Gasteiger partial charge in [0.15, 0.2) is 11.8 Å². The van der Waals surface area contributed by atoms with E-state index in [1.54, 1.807) is 0 Å². The van der Waals surface area contributed by atoms with Crippen LogP contribution in [0, 0.1) is 0 Å². The Labute approximate surface area is 160 Å². The van der Waals surface area contributed by atoms with Crippen LogP contribution in [0.15, 0.2) is 9.52 Å². The maximum absolute atomic E-state index is 11.8. The zero-order chi connectivity index (χ0) is 21.1. The summed E-state index contributed by atoms with van der Waals surface area (Å²) in [5, 5.41) is 17.0. The van der Waals surface area contributed by atoms with Crippen molar-refractivity contribution >= 4 is 23.9 Å². The number of hydrogen-bond donors (Lipinski definition) is 7. The van der Waals surface area contributed by atoms with Crippen LogP contribution in [0.3, 0.4) is 0 Å². The number of primary amides is 1. The van der Waals surface area contributed by atoms with E-state index in [4.69, 9.17) is 32.6 Å². The van der Waals surface area contributed by atoms with Gasteiger partial charge in [-0.1, -0.05) is 5.16 Å². The second kappa shape index (κ2) is 11.3. The Hall–Kier alpha value is -3.42. The first kappa shape index (κ1) is 22.6. The van der Waals surface area contributed by atoms with Crippen molar-refractivity contribution in [2.24, 2.45) is 27.9 Å². The minimum absolute atomic E-state index is 0.0139. The smallest absolute Gasteiger partial charge is 0.323 e. The average molecular weight is 399 g/mol. The number of aliphatic imine (C=N–C) groups is 1. The zero-order valence-corrected chi connectivity index (χ0v) is 15.1. The van der Waals surface area contributed by atoms with Crippen molar-refractivity contribution in [1.82, 2.24) is 20.8 Å². The van der Waals surface area contributed by atoms with Crippen molar-refractivity contribution < 1.29 is 24.0 Å². The van der Waals surface area contributed by atoms with E-state index in [2.05, 4.69) is 25.8 Å². The number of carbonyl (C=O) groups excluding carboxylic acids is 2. The fourth-order valence-corrected chi connectivity index (χ4v) is 2.10. The van der Waals surface area contributed by atoms with Crippen LogP contribution in [-0.4, -0.2) is 52.2 Å². The number of hydrogen-bond acceptors (Lipinski definition) is 8. The van der Waals surface area contributed by atoms with Gasteiger partial charge in [0.25, 0.3) is 0 Å². The second-order valence-corrected chi connectivity index (χ2v) is 5.82. The van der Waals surface area contributed by atoms with Gasteiger partial charge in [-0.2, -0.15) is 4.98 Å².